The first-order chi connectivity index (χ1) is 13.5. The molecule has 1 atom stereocenters. The van der Waals surface area contributed by atoms with Gasteiger partial charge in [0.05, 0.1) is 15.1 Å². The van der Waals surface area contributed by atoms with Crippen LogP contribution in [0.3, 0.4) is 0 Å². The molecular formula is C19H12Cl4O5S. The average Bonchev–Trinajstić information content (AvgIpc) is 2.63. The van der Waals surface area contributed by atoms with E-state index in [9.17, 15) is 23.2 Å². The highest BCUT2D eigenvalue weighted by Crippen LogP contribution is 2.52. The zero-order valence-corrected chi connectivity index (χ0v) is 18.1. The van der Waals surface area contributed by atoms with E-state index in [2.05, 4.69) is 0 Å². The molecule has 0 fully saturated rings. The molecule has 29 heavy (non-hydrogen) atoms. The Bertz CT molecular complexity index is 1200. The minimum absolute atomic E-state index is 0.000432. The highest BCUT2D eigenvalue weighted by molar-refractivity contribution is 7.87. The van der Waals surface area contributed by atoms with E-state index in [0.29, 0.717) is 5.02 Å². The zero-order valence-electron chi connectivity index (χ0n) is 14.3. The predicted molar refractivity (Wildman–Crippen MR) is 114 cm³/mol. The Labute approximate surface area is 186 Å². The highest BCUT2D eigenvalue weighted by Gasteiger charge is 2.51. The van der Waals surface area contributed by atoms with E-state index in [1.54, 1.807) is 0 Å². The molecule has 1 unspecified atom stereocenters. The number of phenols is 2. The van der Waals surface area contributed by atoms with Crippen LogP contribution in [0.5, 0.6) is 11.5 Å². The summed E-state index contributed by atoms with van der Waals surface area (Å²) in [4.78, 5) is 0. The van der Waals surface area contributed by atoms with Crippen molar-refractivity contribution in [2.45, 2.75) is 4.75 Å². The first-order valence-electron chi connectivity index (χ1n) is 7.89. The Hall–Kier alpha value is -1.67. The molecule has 0 saturated heterocycles. The largest absolute Gasteiger partial charge is 0.508 e. The van der Waals surface area contributed by atoms with Gasteiger partial charge in [-0.1, -0.05) is 70.7 Å². The summed E-state index contributed by atoms with van der Waals surface area (Å²) in [6.07, 6.45) is 0. The van der Waals surface area contributed by atoms with Crippen molar-refractivity contribution in [3.8, 4) is 11.5 Å². The normalized spacial score (nSPS) is 13.8. The second kappa shape index (κ2) is 7.87. The lowest BCUT2D eigenvalue weighted by molar-refractivity contribution is 0.444. The Morgan fingerprint density at radius 1 is 0.793 bits per heavy atom. The molecule has 3 rings (SSSR count). The van der Waals surface area contributed by atoms with E-state index in [-0.39, 0.29) is 26.7 Å². The number of hydrogen-bond donors (Lipinski definition) is 3. The summed E-state index contributed by atoms with van der Waals surface area (Å²) in [5, 5.41) is 19.9. The predicted octanol–water partition coefficient (Wildman–Crippen LogP) is 5.89. The number of halogens is 4. The van der Waals surface area contributed by atoms with Crippen molar-refractivity contribution in [2.75, 3.05) is 0 Å². The highest BCUT2D eigenvalue weighted by atomic mass is 35.5. The minimum Gasteiger partial charge on any atom is -0.508 e. The van der Waals surface area contributed by atoms with Crippen molar-refractivity contribution in [2.24, 2.45) is 0 Å². The molecule has 5 nitrogen and oxygen atoms in total. The van der Waals surface area contributed by atoms with Crippen molar-refractivity contribution < 1.29 is 23.2 Å². The van der Waals surface area contributed by atoms with Crippen LogP contribution in [0.2, 0.25) is 20.1 Å². The van der Waals surface area contributed by atoms with Gasteiger partial charge in [0.25, 0.3) is 10.1 Å². The Balaban J connectivity index is 2.63. The maximum atomic E-state index is 13.0. The number of aromatic hydroxyl groups is 2. The topological polar surface area (TPSA) is 94.8 Å². The van der Waals surface area contributed by atoms with Crippen LogP contribution in [0.4, 0.5) is 0 Å². The summed E-state index contributed by atoms with van der Waals surface area (Å²) in [7, 11) is -5.09. The van der Waals surface area contributed by atoms with Crippen LogP contribution in [0, 0.1) is 0 Å². The molecule has 0 aliphatic carbocycles. The lowest BCUT2D eigenvalue weighted by atomic mass is 9.83. The molecular weight excluding hydrogens is 482 g/mol. The standard InChI is InChI=1S/C19H12Cl4O5S/c20-11-6-4-10(5-7-11)19(29(26,27)28,13-2-1-3-15(21)17(13)22)14-8-12(24)9-16(25)18(14)23/h1-9,24-25H,(H,26,27,28). The number of rotatable bonds is 4. The second-order valence-corrected chi connectivity index (χ2v) is 9.25. The van der Waals surface area contributed by atoms with Gasteiger partial charge in [-0.15, -0.1) is 0 Å². The van der Waals surface area contributed by atoms with Crippen LogP contribution in [0.15, 0.2) is 54.6 Å². The van der Waals surface area contributed by atoms with Crippen LogP contribution in [0.25, 0.3) is 0 Å². The summed E-state index contributed by atoms with van der Waals surface area (Å²) in [6, 6.07) is 11.7. The van der Waals surface area contributed by atoms with Crippen molar-refractivity contribution in [3.63, 3.8) is 0 Å². The molecule has 3 N–H and O–H groups in total. The molecule has 3 aromatic rings. The maximum absolute atomic E-state index is 13.0. The quantitative estimate of drug-likeness (QED) is 0.311. The van der Waals surface area contributed by atoms with Crippen molar-refractivity contribution in [1.82, 2.24) is 0 Å². The van der Waals surface area contributed by atoms with Crippen LogP contribution in [-0.2, 0) is 14.9 Å². The maximum Gasteiger partial charge on any atom is 0.283 e. The Kier molecular flexibility index (Phi) is 5.98. The van der Waals surface area contributed by atoms with E-state index in [4.69, 9.17) is 46.4 Å². The van der Waals surface area contributed by atoms with Crippen LogP contribution >= 0.6 is 46.4 Å². The minimum atomic E-state index is -5.09. The molecule has 0 radical (unpaired) electrons. The fraction of sp³-hybridized carbons (Fsp3) is 0.0526. The molecule has 0 aliphatic rings. The lowest BCUT2D eigenvalue weighted by Crippen LogP contribution is -2.39. The molecule has 152 valence electrons. The van der Waals surface area contributed by atoms with Gasteiger partial charge in [-0.3, -0.25) is 4.55 Å². The van der Waals surface area contributed by atoms with E-state index in [1.165, 1.54) is 42.5 Å². The molecule has 0 spiro atoms. The third-order valence-electron chi connectivity index (χ3n) is 4.39. The van der Waals surface area contributed by atoms with Gasteiger partial charge < -0.3 is 10.2 Å². The Morgan fingerprint density at radius 2 is 1.41 bits per heavy atom. The molecule has 0 aromatic heterocycles. The molecule has 0 amide bonds. The van der Waals surface area contributed by atoms with Gasteiger partial charge in [0, 0.05) is 22.2 Å². The molecule has 0 heterocycles. The summed E-state index contributed by atoms with van der Waals surface area (Å²) >= 11 is 24.6. The van der Waals surface area contributed by atoms with Gasteiger partial charge in [-0.2, -0.15) is 8.42 Å². The summed E-state index contributed by atoms with van der Waals surface area (Å²) < 4.78 is 34.0. The zero-order chi connectivity index (χ0) is 21.6. The number of hydrogen-bond acceptors (Lipinski definition) is 4. The van der Waals surface area contributed by atoms with Gasteiger partial charge in [-0.05, 0) is 29.8 Å². The fourth-order valence-corrected chi connectivity index (χ4v) is 5.45. The molecule has 0 saturated carbocycles. The monoisotopic (exact) mass is 492 g/mol. The van der Waals surface area contributed by atoms with E-state index in [1.807, 2.05) is 0 Å². The average molecular weight is 494 g/mol. The summed E-state index contributed by atoms with van der Waals surface area (Å²) in [5.41, 5.74) is -0.463. The summed E-state index contributed by atoms with van der Waals surface area (Å²) in [6.45, 7) is 0. The fourth-order valence-electron chi connectivity index (χ4n) is 3.19. The second-order valence-electron chi connectivity index (χ2n) is 6.09. The molecule has 0 bridgehead atoms. The smallest absolute Gasteiger partial charge is 0.283 e. The van der Waals surface area contributed by atoms with Crippen LogP contribution in [-0.4, -0.2) is 23.2 Å². The van der Waals surface area contributed by atoms with E-state index in [0.717, 1.165) is 12.1 Å². The first-order valence-corrected chi connectivity index (χ1v) is 10.8. The van der Waals surface area contributed by atoms with E-state index < -0.39 is 31.4 Å². The SMILES string of the molecule is O=S(=O)(O)C(c1ccc(Cl)cc1)(c1cc(O)cc(O)c1Cl)c1cccc(Cl)c1Cl. The number of benzene rings is 3. The van der Waals surface area contributed by atoms with Crippen LogP contribution in [0.1, 0.15) is 16.7 Å². The molecule has 10 heteroatoms. The van der Waals surface area contributed by atoms with Crippen molar-refractivity contribution in [3.05, 3.63) is 91.4 Å². The van der Waals surface area contributed by atoms with Crippen molar-refractivity contribution in [1.29, 1.82) is 0 Å². The van der Waals surface area contributed by atoms with Gasteiger partial charge in [0.1, 0.15) is 11.5 Å². The third-order valence-corrected chi connectivity index (χ3v) is 7.30. The lowest BCUT2D eigenvalue weighted by Gasteiger charge is -2.34. The van der Waals surface area contributed by atoms with Gasteiger partial charge in [0.2, 0.25) is 0 Å². The van der Waals surface area contributed by atoms with Crippen LogP contribution < -0.4 is 0 Å². The van der Waals surface area contributed by atoms with Gasteiger partial charge in [-0.25, -0.2) is 0 Å². The Morgan fingerprint density at radius 3 is 2.00 bits per heavy atom. The van der Waals surface area contributed by atoms with Gasteiger partial charge >= 0.3 is 0 Å². The molecule has 3 aromatic carbocycles. The third kappa shape index (κ3) is 3.65. The number of phenolic OH excluding ortho intramolecular Hbond substituents is 2. The van der Waals surface area contributed by atoms with Gasteiger partial charge in [0.15, 0.2) is 4.75 Å². The van der Waals surface area contributed by atoms with E-state index >= 15 is 0 Å². The summed E-state index contributed by atoms with van der Waals surface area (Å²) in [5.74, 6) is -1.08. The first kappa shape index (κ1) is 22.0. The van der Waals surface area contributed by atoms with Crippen molar-refractivity contribution >= 4 is 56.5 Å². The molecule has 0 aliphatic heterocycles.